The molecule has 31 heavy (non-hydrogen) atoms. The summed E-state index contributed by atoms with van der Waals surface area (Å²) in [6, 6.07) is 14.7. The number of carbonyl (C=O) groups excluding carboxylic acids is 2. The van der Waals surface area contributed by atoms with E-state index in [4.69, 9.17) is 0 Å². The van der Waals surface area contributed by atoms with Crippen LogP contribution in [0.1, 0.15) is 30.4 Å². The number of rotatable bonds is 8. The predicted octanol–water partition coefficient (Wildman–Crippen LogP) is 4.97. The molecule has 6 heteroatoms. The summed E-state index contributed by atoms with van der Waals surface area (Å²) in [6.45, 7) is 5.46. The van der Waals surface area contributed by atoms with Gasteiger partial charge in [-0.2, -0.15) is 0 Å². The molecule has 0 aliphatic carbocycles. The highest BCUT2D eigenvalue weighted by molar-refractivity contribution is 9.10. The topological polar surface area (TPSA) is 40.6 Å². The van der Waals surface area contributed by atoms with Crippen LogP contribution >= 0.6 is 15.9 Å². The molecule has 1 heterocycles. The van der Waals surface area contributed by atoms with Crippen LogP contribution in [-0.4, -0.2) is 41.2 Å². The Bertz CT molecular complexity index is 911. The molecule has 0 spiro atoms. The van der Waals surface area contributed by atoms with Crippen molar-refractivity contribution in [3.63, 3.8) is 0 Å². The van der Waals surface area contributed by atoms with Crippen molar-refractivity contribution in [3.8, 4) is 0 Å². The third-order valence-electron chi connectivity index (χ3n) is 5.70. The molecule has 3 rings (SSSR count). The zero-order chi connectivity index (χ0) is 22.2. The number of nitrogens with zero attached hydrogens (tertiary/aromatic N) is 2. The molecule has 1 aliphatic heterocycles. The molecule has 0 radical (unpaired) electrons. The molecular formula is C25H28BrFN2O2. The number of aryl methyl sites for hydroxylation is 1. The minimum absolute atomic E-state index is 0.00402. The molecule has 4 nitrogen and oxygen atoms in total. The van der Waals surface area contributed by atoms with Gasteiger partial charge < -0.3 is 9.80 Å². The number of carbonyl (C=O) groups is 2. The van der Waals surface area contributed by atoms with Crippen molar-refractivity contribution in [3.05, 3.63) is 82.6 Å². The van der Waals surface area contributed by atoms with Crippen molar-refractivity contribution in [1.29, 1.82) is 0 Å². The van der Waals surface area contributed by atoms with Gasteiger partial charge in [0.05, 0.1) is 0 Å². The number of likely N-dealkylation sites (tertiary alicyclic amines) is 1. The van der Waals surface area contributed by atoms with Gasteiger partial charge in [-0.1, -0.05) is 52.3 Å². The van der Waals surface area contributed by atoms with Gasteiger partial charge >= 0.3 is 0 Å². The summed E-state index contributed by atoms with van der Waals surface area (Å²) < 4.78 is 15.0. The van der Waals surface area contributed by atoms with Crippen LogP contribution in [0.25, 0.3) is 0 Å². The van der Waals surface area contributed by atoms with E-state index in [9.17, 15) is 14.0 Å². The van der Waals surface area contributed by atoms with Crippen LogP contribution in [0.3, 0.4) is 0 Å². The summed E-state index contributed by atoms with van der Waals surface area (Å²) in [4.78, 5) is 29.2. The average molecular weight is 487 g/mol. The molecule has 0 aromatic heterocycles. The highest BCUT2D eigenvalue weighted by Gasteiger charge is 2.30. The Morgan fingerprint density at radius 1 is 1.16 bits per heavy atom. The van der Waals surface area contributed by atoms with Gasteiger partial charge in [0.2, 0.25) is 11.8 Å². The minimum Gasteiger partial charge on any atom is -0.343 e. The summed E-state index contributed by atoms with van der Waals surface area (Å²) >= 11 is 3.36. The van der Waals surface area contributed by atoms with Crippen LogP contribution < -0.4 is 0 Å². The van der Waals surface area contributed by atoms with E-state index in [0.29, 0.717) is 44.5 Å². The van der Waals surface area contributed by atoms with Crippen molar-refractivity contribution < 1.29 is 14.0 Å². The summed E-state index contributed by atoms with van der Waals surface area (Å²) in [7, 11) is 0. The molecule has 1 aliphatic rings. The van der Waals surface area contributed by atoms with Crippen LogP contribution in [-0.2, 0) is 22.6 Å². The smallest absolute Gasteiger partial charge is 0.226 e. The molecule has 164 valence electrons. The molecule has 1 saturated heterocycles. The number of halogens is 2. The Hall–Kier alpha value is -2.47. The Morgan fingerprint density at radius 2 is 1.87 bits per heavy atom. The Morgan fingerprint density at radius 3 is 2.55 bits per heavy atom. The predicted molar refractivity (Wildman–Crippen MR) is 124 cm³/mol. The maximum Gasteiger partial charge on any atom is 0.226 e. The van der Waals surface area contributed by atoms with Crippen LogP contribution in [0, 0.1) is 11.7 Å². The summed E-state index contributed by atoms with van der Waals surface area (Å²) in [5.74, 6) is -0.359. The van der Waals surface area contributed by atoms with Crippen molar-refractivity contribution in [2.75, 3.05) is 19.6 Å². The number of benzene rings is 2. The first-order valence-electron chi connectivity index (χ1n) is 10.6. The lowest BCUT2D eigenvalue weighted by molar-refractivity contribution is -0.140. The van der Waals surface area contributed by atoms with Gasteiger partial charge in [-0.25, -0.2) is 4.39 Å². The Kier molecular flexibility index (Phi) is 8.41. The lowest BCUT2D eigenvalue weighted by Crippen LogP contribution is -2.44. The molecule has 0 atom stereocenters. The molecular weight excluding hydrogens is 459 g/mol. The van der Waals surface area contributed by atoms with Gasteiger partial charge in [0.15, 0.2) is 0 Å². The third-order valence-corrected chi connectivity index (χ3v) is 6.19. The first kappa shape index (κ1) is 23.2. The lowest BCUT2D eigenvalue weighted by Gasteiger charge is -2.34. The van der Waals surface area contributed by atoms with E-state index < -0.39 is 0 Å². The van der Waals surface area contributed by atoms with Crippen molar-refractivity contribution >= 4 is 27.7 Å². The first-order valence-corrected chi connectivity index (χ1v) is 11.4. The monoisotopic (exact) mass is 486 g/mol. The standard InChI is InChI=1S/C25H28BrFN2O2/c1-2-14-29(18-21-17-22(26)9-10-23(21)27)25(31)20-12-15-28(16-13-20)24(30)11-8-19-6-4-3-5-7-19/h2-7,9-10,17,20H,1,8,11-16,18H2. The van der Waals surface area contributed by atoms with E-state index in [2.05, 4.69) is 22.5 Å². The fourth-order valence-electron chi connectivity index (χ4n) is 3.95. The largest absolute Gasteiger partial charge is 0.343 e. The second-order valence-corrected chi connectivity index (χ2v) is 8.80. The summed E-state index contributed by atoms with van der Waals surface area (Å²) in [5, 5.41) is 0. The fourth-order valence-corrected chi connectivity index (χ4v) is 4.35. The van der Waals surface area contributed by atoms with Gasteiger partial charge in [-0.05, 0) is 43.0 Å². The van der Waals surface area contributed by atoms with E-state index in [-0.39, 0.29) is 30.1 Å². The van der Waals surface area contributed by atoms with Crippen LogP contribution in [0.2, 0.25) is 0 Å². The number of hydrogen-bond acceptors (Lipinski definition) is 2. The van der Waals surface area contributed by atoms with Crippen LogP contribution in [0.4, 0.5) is 4.39 Å². The molecule has 2 aromatic carbocycles. The highest BCUT2D eigenvalue weighted by Crippen LogP contribution is 2.23. The van der Waals surface area contributed by atoms with Gasteiger partial charge in [-0.3, -0.25) is 9.59 Å². The maximum absolute atomic E-state index is 14.2. The zero-order valence-electron chi connectivity index (χ0n) is 17.6. The summed E-state index contributed by atoms with van der Waals surface area (Å²) in [5.41, 5.74) is 1.62. The van der Waals surface area contributed by atoms with Gasteiger partial charge in [0.25, 0.3) is 0 Å². The quantitative estimate of drug-likeness (QED) is 0.494. The molecule has 0 unspecified atom stereocenters. The number of piperidine rings is 1. The SMILES string of the molecule is C=CCN(Cc1cc(Br)ccc1F)C(=O)C1CCN(C(=O)CCc2ccccc2)CC1. The highest BCUT2D eigenvalue weighted by atomic mass is 79.9. The maximum atomic E-state index is 14.2. The Balaban J connectivity index is 1.54. The number of amides is 2. The van der Waals surface area contributed by atoms with E-state index in [0.717, 1.165) is 16.5 Å². The molecule has 1 fully saturated rings. The third kappa shape index (κ3) is 6.50. The normalized spacial score (nSPS) is 14.3. The molecule has 0 N–H and O–H groups in total. The van der Waals surface area contributed by atoms with E-state index in [1.165, 1.54) is 6.07 Å². The lowest BCUT2D eigenvalue weighted by atomic mass is 9.94. The van der Waals surface area contributed by atoms with Gasteiger partial charge in [-0.15, -0.1) is 6.58 Å². The van der Waals surface area contributed by atoms with Crippen LogP contribution in [0.5, 0.6) is 0 Å². The first-order chi connectivity index (χ1) is 15.0. The molecule has 2 amide bonds. The van der Waals surface area contributed by atoms with Crippen molar-refractivity contribution in [1.82, 2.24) is 9.80 Å². The van der Waals surface area contributed by atoms with E-state index >= 15 is 0 Å². The summed E-state index contributed by atoms with van der Waals surface area (Å²) in [6.07, 6.45) is 4.13. The molecule has 0 saturated carbocycles. The van der Waals surface area contributed by atoms with Gasteiger partial charge in [0, 0.05) is 48.6 Å². The average Bonchev–Trinajstić information content (AvgIpc) is 2.80. The second-order valence-electron chi connectivity index (χ2n) is 7.88. The van der Waals surface area contributed by atoms with E-state index in [1.807, 2.05) is 35.2 Å². The zero-order valence-corrected chi connectivity index (χ0v) is 19.2. The van der Waals surface area contributed by atoms with Crippen molar-refractivity contribution in [2.45, 2.75) is 32.2 Å². The number of hydrogen-bond donors (Lipinski definition) is 0. The Labute approximate surface area is 191 Å². The van der Waals surface area contributed by atoms with E-state index in [1.54, 1.807) is 23.1 Å². The van der Waals surface area contributed by atoms with Gasteiger partial charge in [0.1, 0.15) is 5.82 Å². The fraction of sp³-hybridized carbons (Fsp3) is 0.360. The van der Waals surface area contributed by atoms with Crippen molar-refractivity contribution in [2.24, 2.45) is 5.92 Å². The second kappa shape index (κ2) is 11.2. The van der Waals surface area contributed by atoms with Crippen LogP contribution in [0.15, 0.2) is 65.7 Å². The molecule has 2 aromatic rings. The minimum atomic E-state index is -0.330. The molecule has 0 bridgehead atoms.